The predicted octanol–water partition coefficient (Wildman–Crippen LogP) is 1.02. The van der Waals surface area contributed by atoms with Gasteiger partial charge in [-0.3, -0.25) is 19.2 Å². The zero-order chi connectivity index (χ0) is 20.9. The second kappa shape index (κ2) is 9.17. The van der Waals surface area contributed by atoms with Crippen LogP contribution in [0.15, 0.2) is 12.1 Å². The smallest absolute Gasteiger partial charge is 0.308 e. The van der Waals surface area contributed by atoms with Gasteiger partial charge in [0.05, 0.1) is 18.0 Å². The van der Waals surface area contributed by atoms with Crippen LogP contribution >= 0.6 is 0 Å². The van der Waals surface area contributed by atoms with E-state index in [1.165, 1.54) is 0 Å². The molecule has 2 atom stereocenters. The molecule has 0 aliphatic rings. The molecule has 1 amide bonds. The third kappa shape index (κ3) is 5.81. The Bertz CT molecular complexity index is 766. The van der Waals surface area contributed by atoms with Crippen molar-refractivity contribution in [2.45, 2.75) is 39.3 Å². The van der Waals surface area contributed by atoms with Crippen molar-refractivity contribution < 1.29 is 37.8 Å². The van der Waals surface area contributed by atoms with Crippen molar-refractivity contribution in [3.63, 3.8) is 0 Å². The van der Waals surface area contributed by atoms with Gasteiger partial charge in [0.15, 0.2) is 17.4 Å². The fourth-order valence-corrected chi connectivity index (χ4v) is 2.10. The molecule has 0 saturated heterocycles. The maximum atomic E-state index is 14.4. The molecule has 1 aromatic carbocycles. The van der Waals surface area contributed by atoms with E-state index in [4.69, 9.17) is 10.8 Å². The van der Waals surface area contributed by atoms with Crippen LogP contribution in [0.5, 0.6) is 5.75 Å². The van der Waals surface area contributed by atoms with Crippen molar-refractivity contribution in [1.82, 2.24) is 5.32 Å². The molecular formula is C17H20F2N2O6. The molecule has 0 radical (unpaired) electrons. The van der Waals surface area contributed by atoms with Crippen LogP contribution < -0.4 is 15.8 Å². The number of rotatable bonds is 8. The number of hydrogen-bond donors (Lipinski definition) is 3. The normalized spacial score (nSPS) is 13.0. The van der Waals surface area contributed by atoms with Crippen LogP contribution in [0.1, 0.15) is 37.6 Å². The minimum absolute atomic E-state index is 0.302. The van der Waals surface area contributed by atoms with Gasteiger partial charge in [-0.25, -0.2) is 8.78 Å². The van der Waals surface area contributed by atoms with Crippen LogP contribution in [0.2, 0.25) is 0 Å². The Balaban J connectivity index is 3.24. The Hall–Kier alpha value is -2.88. The number of esters is 1. The lowest BCUT2D eigenvalue weighted by molar-refractivity contribution is -0.137. The second-order valence-electron chi connectivity index (χ2n) is 6.12. The van der Waals surface area contributed by atoms with Gasteiger partial charge in [0, 0.05) is 6.92 Å². The number of ketones is 1. The van der Waals surface area contributed by atoms with Crippen molar-refractivity contribution in [3.8, 4) is 5.75 Å². The van der Waals surface area contributed by atoms with Gasteiger partial charge in [-0.05, 0) is 18.1 Å². The Morgan fingerprint density at radius 2 is 1.81 bits per heavy atom. The van der Waals surface area contributed by atoms with Gasteiger partial charge in [0.1, 0.15) is 6.04 Å². The van der Waals surface area contributed by atoms with E-state index in [0.29, 0.717) is 6.07 Å². The fourth-order valence-electron chi connectivity index (χ4n) is 2.10. The summed E-state index contributed by atoms with van der Waals surface area (Å²) < 4.78 is 32.5. The van der Waals surface area contributed by atoms with Gasteiger partial charge >= 0.3 is 11.9 Å². The summed E-state index contributed by atoms with van der Waals surface area (Å²) in [6.45, 7) is 4.20. The third-order valence-corrected chi connectivity index (χ3v) is 3.59. The Labute approximate surface area is 153 Å². The van der Waals surface area contributed by atoms with E-state index in [9.17, 15) is 28.0 Å². The van der Waals surface area contributed by atoms with Crippen LogP contribution in [0.3, 0.4) is 0 Å². The zero-order valence-electron chi connectivity index (χ0n) is 14.9. The molecule has 0 fully saturated rings. The van der Waals surface area contributed by atoms with E-state index in [0.717, 1.165) is 13.0 Å². The quantitative estimate of drug-likeness (QED) is 0.345. The number of Topliss-reactive ketones (excluding diaryl/α,β-unsaturated/α-hetero) is 1. The monoisotopic (exact) mass is 386 g/mol. The first-order chi connectivity index (χ1) is 12.5. The van der Waals surface area contributed by atoms with E-state index in [2.05, 4.69) is 10.1 Å². The summed E-state index contributed by atoms with van der Waals surface area (Å²) >= 11 is 0. The van der Waals surface area contributed by atoms with Crippen LogP contribution in [-0.2, 0) is 14.4 Å². The van der Waals surface area contributed by atoms with E-state index in [1.807, 2.05) is 0 Å². The number of aliphatic carboxylic acids is 1. The first kappa shape index (κ1) is 22.2. The summed E-state index contributed by atoms with van der Waals surface area (Å²) in [5.41, 5.74) is 4.92. The summed E-state index contributed by atoms with van der Waals surface area (Å²) in [5.74, 6) is -8.48. The molecule has 27 heavy (non-hydrogen) atoms. The largest absolute Gasteiger partial charge is 0.481 e. The molecular weight excluding hydrogens is 366 g/mol. The zero-order valence-corrected chi connectivity index (χ0v) is 14.9. The van der Waals surface area contributed by atoms with Crippen LogP contribution in [-0.4, -0.2) is 40.8 Å². The molecule has 0 bridgehead atoms. The maximum absolute atomic E-state index is 14.4. The average molecular weight is 386 g/mol. The van der Waals surface area contributed by atoms with Crippen molar-refractivity contribution in [2.24, 2.45) is 11.7 Å². The summed E-state index contributed by atoms with van der Waals surface area (Å²) in [6.07, 6.45) is -0.852. The molecule has 8 nitrogen and oxygen atoms in total. The molecule has 0 saturated carbocycles. The summed E-state index contributed by atoms with van der Waals surface area (Å²) in [6, 6.07) is -1.22. The number of ether oxygens (including phenoxy) is 1. The molecule has 4 N–H and O–H groups in total. The van der Waals surface area contributed by atoms with Gasteiger partial charge in [0.2, 0.25) is 11.7 Å². The number of nitrogens with two attached hydrogens (primary N) is 1. The highest BCUT2D eigenvalue weighted by molar-refractivity contribution is 6.04. The van der Waals surface area contributed by atoms with Gasteiger partial charge < -0.3 is 20.9 Å². The Morgan fingerprint density at radius 1 is 1.22 bits per heavy atom. The lowest BCUT2D eigenvalue weighted by Gasteiger charge is -2.21. The number of carboxylic acid groups (broad SMARTS) is 1. The molecule has 0 spiro atoms. The van der Waals surface area contributed by atoms with Crippen molar-refractivity contribution in [2.75, 3.05) is 0 Å². The van der Waals surface area contributed by atoms with Crippen LogP contribution in [0.25, 0.3) is 0 Å². The number of carboxylic acids is 1. The van der Waals surface area contributed by atoms with Crippen LogP contribution in [0, 0.1) is 17.6 Å². The Morgan fingerprint density at radius 3 is 2.30 bits per heavy atom. The molecule has 10 heteroatoms. The standard InChI is InChI=1S/C17H20F2N2O6/c1-7(2)14(20)17(26)21-11(6-12(23)24)15(25)9-4-5-10(18)16(13(9)19)27-8(3)22/h4-5,7,11,14H,6,20H2,1-3H3,(H,21,26)(H,23,24)/t11-,14-/m0/s1. The minimum Gasteiger partial charge on any atom is -0.481 e. The molecule has 0 unspecified atom stereocenters. The molecule has 0 heterocycles. The SMILES string of the molecule is CC(=O)Oc1c(F)ccc(C(=O)[C@H](CC(=O)O)NC(=O)[C@@H](N)C(C)C)c1F. The van der Waals surface area contributed by atoms with Gasteiger partial charge in [-0.15, -0.1) is 0 Å². The highest BCUT2D eigenvalue weighted by atomic mass is 19.1. The van der Waals surface area contributed by atoms with Crippen molar-refractivity contribution >= 4 is 23.6 Å². The van der Waals surface area contributed by atoms with Crippen molar-refractivity contribution in [3.05, 3.63) is 29.3 Å². The number of carbonyl (C=O) groups excluding carboxylic acids is 3. The number of carbonyl (C=O) groups is 4. The van der Waals surface area contributed by atoms with Gasteiger partial charge in [-0.1, -0.05) is 13.8 Å². The topological polar surface area (TPSA) is 136 Å². The average Bonchev–Trinajstić information content (AvgIpc) is 2.56. The number of amides is 1. The van der Waals surface area contributed by atoms with Crippen molar-refractivity contribution in [1.29, 1.82) is 0 Å². The summed E-state index contributed by atoms with van der Waals surface area (Å²) in [5, 5.41) is 11.1. The molecule has 0 aromatic heterocycles. The van der Waals surface area contributed by atoms with Gasteiger partial charge in [-0.2, -0.15) is 0 Å². The van der Waals surface area contributed by atoms with E-state index in [-0.39, 0.29) is 5.92 Å². The first-order valence-electron chi connectivity index (χ1n) is 7.94. The maximum Gasteiger partial charge on any atom is 0.308 e. The Kier molecular flexibility index (Phi) is 7.53. The van der Waals surface area contributed by atoms with Gasteiger partial charge in [0.25, 0.3) is 0 Å². The highest BCUT2D eigenvalue weighted by Gasteiger charge is 2.31. The number of halogens is 2. The number of benzene rings is 1. The molecule has 0 aliphatic heterocycles. The molecule has 148 valence electrons. The highest BCUT2D eigenvalue weighted by Crippen LogP contribution is 2.26. The number of nitrogens with one attached hydrogen (secondary N) is 1. The molecule has 1 rings (SSSR count). The number of hydrogen-bond acceptors (Lipinski definition) is 6. The third-order valence-electron chi connectivity index (χ3n) is 3.59. The second-order valence-corrected chi connectivity index (χ2v) is 6.12. The lowest BCUT2D eigenvalue weighted by atomic mass is 9.98. The van der Waals surface area contributed by atoms with Crippen LogP contribution in [0.4, 0.5) is 8.78 Å². The molecule has 0 aliphatic carbocycles. The minimum atomic E-state index is -1.65. The summed E-state index contributed by atoms with van der Waals surface area (Å²) in [7, 11) is 0. The van der Waals surface area contributed by atoms with E-state index in [1.54, 1.807) is 13.8 Å². The fraction of sp³-hybridized carbons (Fsp3) is 0.412. The predicted molar refractivity (Wildman–Crippen MR) is 89.0 cm³/mol. The molecule has 1 aromatic rings. The summed E-state index contributed by atoms with van der Waals surface area (Å²) in [4.78, 5) is 46.6. The van der Waals surface area contributed by atoms with E-state index >= 15 is 0 Å². The lowest BCUT2D eigenvalue weighted by Crippen LogP contribution is -2.51. The first-order valence-corrected chi connectivity index (χ1v) is 7.94. The van der Waals surface area contributed by atoms with E-state index < -0.39 is 65.1 Å².